The topological polar surface area (TPSA) is 38.2 Å². The molecule has 0 amide bonds. The number of unbranched alkanes of at least 4 members (excludes halogenated alkanes) is 2. The number of aromatic nitrogens is 2. The predicted octanol–water partition coefficient (Wildman–Crippen LogP) is 4.97. The van der Waals surface area contributed by atoms with Crippen LogP contribution in [0.5, 0.6) is 5.88 Å². The Labute approximate surface area is 143 Å². The number of ether oxygens (including phenoxy) is 1. The maximum atomic E-state index is 13.1. The zero-order valence-electron chi connectivity index (χ0n) is 14.0. The molecule has 1 heterocycles. The number of halogens is 4. The lowest BCUT2D eigenvalue weighted by Crippen LogP contribution is -2.17. The minimum atomic E-state index is -4.60. The van der Waals surface area contributed by atoms with Crippen molar-refractivity contribution in [2.75, 3.05) is 18.6 Å². The van der Waals surface area contributed by atoms with Gasteiger partial charge in [-0.2, -0.15) is 18.2 Å². The molecule has 0 atom stereocenters. The second-order valence-electron chi connectivity index (χ2n) is 5.48. The molecule has 0 aliphatic carbocycles. The van der Waals surface area contributed by atoms with Crippen LogP contribution in [0.25, 0.3) is 0 Å². The molecule has 2 rings (SSSR count). The first-order chi connectivity index (χ1) is 11.8. The Hall–Kier alpha value is -2.38. The highest BCUT2D eigenvalue weighted by atomic mass is 19.4. The van der Waals surface area contributed by atoms with Gasteiger partial charge in [0.1, 0.15) is 11.4 Å². The molecular weight excluding hydrogens is 338 g/mol. The Morgan fingerprint density at radius 3 is 2.40 bits per heavy atom. The molecule has 4 nitrogen and oxygen atoms in total. The second kappa shape index (κ2) is 8.13. The number of nitrogens with zero attached hydrogens (tertiary/aromatic N) is 3. The summed E-state index contributed by atoms with van der Waals surface area (Å²) in [5.41, 5.74) is -0.474. The molecule has 8 heteroatoms. The van der Waals surface area contributed by atoms with Gasteiger partial charge in [-0.3, -0.25) is 0 Å². The van der Waals surface area contributed by atoms with Crippen molar-refractivity contribution in [2.24, 2.45) is 0 Å². The monoisotopic (exact) mass is 357 g/mol. The normalized spacial score (nSPS) is 11.4. The Bertz CT molecular complexity index is 689. The van der Waals surface area contributed by atoms with Crippen LogP contribution < -0.4 is 9.64 Å². The van der Waals surface area contributed by atoms with E-state index in [0.717, 1.165) is 12.8 Å². The van der Waals surface area contributed by atoms with Crippen molar-refractivity contribution in [3.63, 3.8) is 0 Å². The van der Waals surface area contributed by atoms with Crippen molar-refractivity contribution in [1.82, 2.24) is 9.97 Å². The molecule has 0 saturated heterocycles. The molecule has 1 aromatic carbocycles. The molecular formula is C17H19F4N3O. The van der Waals surface area contributed by atoms with Gasteiger partial charge in [-0.05, 0) is 30.7 Å². The van der Waals surface area contributed by atoms with Crippen LogP contribution in [-0.4, -0.2) is 23.6 Å². The SMILES string of the molecule is CCCCCOc1nc(N(C)c2ccc(F)cc2)ncc1C(F)(F)F. The molecule has 0 spiro atoms. The summed E-state index contributed by atoms with van der Waals surface area (Å²) >= 11 is 0. The van der Waals surface area contributed by atoms with Crippen LogP contribution in [0, 0.1) is 5.82 Å². The smallest absolute Gasteiger partial charge is 0.423 e. The van der Waals surface area contributed by atoms with Crippen LogP contribution in [-0.2, 0) is 6.18 Å². The quantitative estimate of drug-likeness (QED) is 0.518. The first-order valence-electron chi connectivity index (χ1n) is 7.89. The van der Waals surface area contributed by atoms with Gasteiger partial charge < -0.3 is 9.64 Å². The minimum Gasteiger partial charge on any atom is -0.477 e. The number of hydrogen-bond donors (Lipinski definition) is 0. The fraction of sp³-hybridized carbons (Fsp3) is 0.412. The van der Waals surface area contributed by atoms with Gasteiger partial charge in [0.15, 0.2) is 0 Å². The molecule has 0 N–H and O–H groups in total. The molecule has 0 radical (unpaired) electrons. The molecule has 0 aliphatic heterocycles. The van der Waals surface area contributed by atoms with Crippen molar-refractivity contribution in [3.05, 3.63) is 41.8 Å². The van der Waals surface area contributed by atoms with E-state index < -0.39 is 23.4 Å². The Balaban J connectivity index is 2.28. The van der Waals surface area contributed by atoms with E-state index >= 15 is 0 Å². The van der Waals surface area contributed by atoms with Crippen molar-refractivity contribution in [1.29, 1.82) is 0 Å². The molecule has 0 unspecified atom stereocenters. The van der Waals surface area contributed by atoms with E-state index in [0.29, 0.717) is 18.3 Å². The predicted molar refractivity (Wildman–Crippen MR) is 86.5 cm³/mol. The van der Waals surface area contributed by atoms with E-state index in [1.807, 2.05) is 6.92 Å². The molecule has 0 fully saturated rings. The summed E-state index contributed by atoms with van der Waals surface area (Å²) in [6.07, 6.45) is -1.47. The number of benzene rings is 1. The maximum Gasteiger partial charge on any atom is 0.423 e. The van der Waals surface area contributed by atoms with Crippen LogP contribution in [0.4, 0.5) is 29.2 Å². The van der Waals surface area contributed by atoms with E-state index in [1.54, 1.807) is 7.05 Å². The van der Waals surface area contributed by atoms with Gasteiger partial charge in [0.2, 0.25) is 11.8 Å². The molecule has 2 aromatic rings. The molecule has 0 bridgehead atoms. The Morgan fingerprint density at radius 1 is 1.12 bits per heavy atom. The summed E-state index contributed by atoms with van der Waals surface area (Å²) in [5, 5.41) is 0. The van der Waals surface area contributed by atoms with Gasteiger partial charge in [-0.15, -0.1) is 0 Å². The van der Waals surface area contributed by atoms with Crippen LogP contribution >= 0.6 is 0 Å². The largest absolute Gasteiger partial charge is 0.477 e. The summed E-state index contributed by atoms with van der Waals surface area (Å²) in [6, 6.07) is 5.46. The zero-order valence-corrected chi connectivity index (χ0v) is 14.0. The van der Waals surface area contributed by atoms with E-state index in [2.05, 4.69) is 9.97 Å². The molecule has 1 aromatic heterocycles. The molecule has 136 valence electrons. The molecule has 0 saturated carbocycles. The number of alkyl halides is 3. The van der Waals surface area contributed by atoms with Crippen molar-refractivity contribution < 1.29 is 22.3 Å². The summed E-state index contributed by atoms with van der Waals surface area (Å²) in [7, 11) is 1.58. The average Bonchev–Trinajstić information content (AvgIpc) is 2.58. The van der Waals surface area contributed by atoms with Gasteiger partial charge in [0.25, 0.3) is 0 Å². The molecule has 25 heavy (non-hydrogen) atoms. The maximum absolute atomic E-state index is 13.1. The van der Waals surface area contributed by atoms with Gasteiger partial charge in [-0.25, -0.2) is 9.37 Å². The third-order valence-corrected chi connectivity index (χ3v) is 3.55. The summed E-state index contributed by atoms with van der Waals surface area (Å²) in [4.78, 5) is 9.14. The van der Waals surface area contributed by atoms with Crippen molar-refractivity contribution >= 4 is 11.6 Å². The van der Waals surface area contributed by atoms with Gasteiger partial charge in [-0.1, -0.05) is 19.8 Å². The van der Waals surface area contributed by atoms with E-state index in [1.165, 1.54) is 29.2 Å². The first-order valence-corrected chi connectivity index (χ1v) is 7.89. The number of anilines is 2. The fourth-order valence-corrected chi connectivity index (χ4v) is 2.12. The number of rotatable bonds is 7. The molecule has 0 aliphatic rings. The van der Waals surface area contributed by atoms with Gasteiger partial charge >= 0.3 is 6.18 Å². The standard InChI is InChI=1S/C17H19F4N3O/c1-3-4-5-10-25-15-14(17(19,20)21)11-22-16(23-15)24(2)13-8-6-12(18)7-9-13/h6-9,11H,3-5,10H2,1-2H3. The second-order valence-corrected chi connectivity index (χ2v) is 5.48. The Kier molecular flexibility index (Phi) is 6.17. The van der Waals surface area contributed by atoms with Crippen LogP contribution in [0.15, 0.2) is 30.5 Å². The summed E-state index contributed by atoms with van der Waals surface area (Å²) < 4.78 is 57.6. The first kappa shape index (κ1) is 19.0. The fourth-order valence-electron chi connectivity index (χ4n) is 2.12. The average molecular weight is 357 g/mol. The van der Waals surface area contributed by atoms with E-state index in [9.17, 15) is 17.6 Å². The van der Waals surface area contributed by atoms with Crippen molar-refractivity contribution in [2.45, 2.75) is 32.4 Å². The van der Waals surface area contributed by atoms with E-state index in [4.69, 9.17) is 4.74 Å². The Morgan fingerprint density at radius 2 is 1.80 bits per heavy atom. The van der Waals surface area contributed by atoms with Crippen LogP contribution in [0.1, 0.15) is 31.7 Å². The minimum absolute atomic E-state index is 0.0325. The third kappa shape index (κ3) is 5.04. The van der Waals surface area contributed by atoms with Crippen LogP contribution in [0.2, 0.25) is 0 Å². The lowest BCUT2D eigenvalue weighted by Gasteiger charge is -2.19. The van der Waals surface area contributed by atoms with Crippen molar-refractivity contribution in [3.8, 4) is 5.88 Å². The van der Waals surface area contributed by atoms with Gasteiger partial charge in [0, 0.05) is 18.9 Å². The highest BCUT2D eigenvalue weighted by molar-refractivity contribution is 5.56. The number of hydrogen-bond acceptors (Lipinski definition) is 4. The lowest BCUT2D eigenvalue weighted by molar-refractivity contribution is -0.139. The summed E-state index contributed by atoms with van der Waals surface area (Å²) in [5.74, 6) is -0.877. The third-order valence-electron chi connectivity index (χ3n) is 3.55. The lowest BCUT2D eigenvalue weighted by atomic mass is 10.2. The zero-order chi connectivity index (χ0) is 18.4. The highest BCUT2D eigenvalue weighted by Crippen LogP contribution is 2.36. The summed E-state index contributed by atoms with van der Waals surface area (Å²) in [6.45, 7) is 2.13. The van der Waals surface area contributed by atoms with E-state index in [-0.39, 0.29) is 12.6 Å². The van der Waals surface area contributed by atoms with Gasteiger partial charge in [0.05, 0.1) is 6.61 Å². The van der Waals surface area contributed by atoms with Crippen LogP contribution in [0.3, 0.4) is 0 Å². The highest BCUT2D eigenvalue weighted by Gasteiger charge is 2.36.